The highest BCUT2D eigenvalue weighted by atomic mass is 16.3. The Balaban J connectivity index is 2.53. The van der Waals surface area contributed by atoms with Gasteiger partial charge in [-0.05, 0) is 34.9 Å². The van der Waals surface area contributed by atoms with Gasteiger partial charge in [0.05, 0.1) is 0 Å². The molecule has 3 heteroatoms. The van der Waals surface area contributed by atoms with E-state index in [1.807, 2.05) is 18.2 Å². The quantitative estimate of drug-likeness (QED) is 0.778. The molecule has 0 unspecified atom stereocenters. The lowest BCUT2D eigenvalue weighted by Crippen LogP contribution is -1.99. The minimum absolute atomic E-state index is 0.257. The molecule has 0 saturated carbocycles. The van der Waals surface area contributed by atoms with Crippen LogP contribution >= 0.6 is 0 Å². The van der Waals surface area contributed by atoms with Crippen molar-refractivity contribution in [1.29, 1.82) is 0 Å². The first-order chi connectivity index (χ1) is 7.31. The van der Waals surface area contributed by atoms with E-state index in [-0.39, 0.29) is 5.75 Å². The molecule has 0 fully saturated rings. The number of rotatable bonds is 2. The Labute approximate surface area is 88.2 Å². The fraction of sp³-hybridized carbons (Fsp3) is 0.0833. The second-order valence-corrected chi connectivity index (χ2v) is 3.29. The molecule has 0 aliphatic heterocycles. The number of benzene rings is 1. The molecule has 0 aliphatic rings. The second kappa shape index (κ2) is 4.11. The summed E-state index contributed by atoms with van der Waals surface area (Å²) in [7, 11) is 0. The number of aromatic hydroxyl groups is 1. The number of phenolic OH excluding ortho intramolecular Hbond substituents is 1. The maximum atomic E-state index is 9.39. The number of nitrogens with two attached hydrogens (primary N) is 1. The van der Waals surface area contributed by atoms with Crippen molar-refractivity contribution in [3.8, 4) is 16.9 Å². The molecular weight excluding hydrogens is 188 g/mol. The molecule has 3 nitrogen and oxygen atoms in total. The van der Waals surface area contributed by atoms with Crippen LogP contribution in [0.2, 0.25) is 0 Å². The summed E-state index contributed by atoms with van der Waals surface area (Å²) in [5, 5.41) is 9.39. The van der Waals surface area contributed by atoms with Gasteiger partial charge in [0.1, 0.15) is 5.75 Å². The van der Waals surface area contributed by atoms with E-state index < -0.39 is 0 Å². The minimum Gasteiger partial charge on any atom is -0.508 e. The Morgan fingerprint density at radius 1 is 1.27 bits per heavy atom. The smallest absolute Gasteiger partial charge is 0.116 e. The number of phenols is 1. The van der Waals surface area contributed by atoms with Gasteiger partial charge in [-0.15, -0.1) is 0 Å². The number of hydrogen-bond donors (Lipinski definition) is 2. The van der Waals surface area contributed by atoms with E-state index in [1.54, 1.807) is 24.5 Å². The Morgan fingerprint density at radius 2 is 2.13 bits per heavy atom. The number of aromatic nitrogens is 1. The van der Waals surface area contributed by atoms with Gasteiger partial charge in [-0.2, -0.15) is 0 Å². The maximum absolute atomic E-state index is 9.39. The average molecular weight is 200 g/mol. The number of pyridine rings is 1. The highest BCUT2D eigenvalue weighted by molar-refractivity contribution is 5.67. The third-order valence-electron chi connectivity index (χ3n) is 2.28. The Morgan fingerprint density at radius 3 is 2.87 bits per heavy atom. The van der Waals surface area contributed by atoms with Gasteiger partial charge in [0.15, 0.2) is 0 Å². The summed E-state index contributed by atoms with van der Waals surface area (Å²) in [6, 6.07) is 9.01. The van der Waals surface area contributed by atoms with Crippen molar-refractivity contribution >= 4 is 0 Å². The standard InChI is InChI=1S/C12H12N2O/c13-7-10-8-14-5-4-12(10)9-2-1-3-11(15)6-9/h1-6,8,15H,7,13H2. The van der Waals surface area contributed by atoms with Crippen LogP contribution in [-0.4, -0.2) is 10.1 Å². The van der Waals surface area contributed by atoms with Crippen molar-refractivity contribution in [1.82, 2.24) is 4.98 Å². The summed E-state index contributed by atoms with van der Waals surface area (Å²) in [4.78, 5) is 4.02. The molecule has 1 aromatic carbocycles. The SMILES string of the molecule is NCc1cnccc1-c1cccc(O)c1. The molecule has 0 radical (unpaired) electrons. The van der Waals surface area contributed by atoms with Crippen LogP contribution in [-0.2, 0) is 6.54 Å². The van der Waals surface area contributed by atoms with E-state index in [1.165, 1.54) is 0 Å². The molecule has 2 rings (SSSR count). The molecule has 0 atom stereocenters. The zero-order chi connectivity index (χ0) is 10.7. The lowest BCUT2D eigenvalue weighted by molar-refractivity contribution is 0.475. The van der Waals surface area contributed by atoms with Crippen LogP contribution in [0.1, 0.15) is 5.56 Å². The van der Waals surface area contributed by atoms with Crippen molar-refractivity contribution < 1.29 is 5.11 Å². The zero-order valence-electron chi connectivity index (χ0n) is 8.22. The first-order valence-electron chi connectivity index (χ1n) is 4.73. The van der Waals surface area contributed by atoms with E-state index in [4.69, 9.17) is 5.73 Å². The summed E-state index contributed by atoms with van der Waals surface area (Å²) < 4.78 is 0. The molecular formula is C12H12N2O. The summed E-state index contributed by atoms with van der Waals surface area (Å²) in [5.41, 5.74) is 8.57. The lowest BCUT2D eigenvalue weighted by atomic mass is 10.0. The van der Waals surface area contributed by atoms with Gasteiger partial charge in [0.25, 0.3) is 0 Å². The average Bonchev–Trinajstić information content (AvgIpc) is 2.29. The van der Waals surface area contributed by atoms with E-state index in [2.05, 4.69) is 4.98 Å². The topological polar surface area (TPSA) is 59.1 Å². The van der Waals surface area contributed by atoms with Gasteiger partial charge in [0, 0.05) is 18.9 Å². The van der Waals surface area contributed by atoms with E-state index >= 15 is 0 Å². The molecule has 2 aromatic rings. The van der Waals surface area contributed by atoms with E-state index in [9.17, 15) is 5.11 Å². The fourth-order valence-corrected chi connectivity index (χ4v) is 1.54. The molecule has 0 amide bonds. The zero-order valence-corrected chi connectivity index (χ0v) is 8.22. The Kier molecular flexibility index (Phi) is 2.65. The van der Waals surface area contributed by atoms with Crippen LogP contribution in [0.5, 0.6) is 5.75 Å². The third kappa shape index (κ3) is 1.97. The normalized spacial score (nSPS) is 10.2. The number of nitrogens with zero attached hydrogens (tertiary/aromatic N) is 1. The van der Waals surface area contributed by atoms with Crippen molar-refractivity contribution in [2.75, 3.05) is 0 Å². The molecule has 1 heterocycles. The van der Waals surface area contributed by atoms with Gasteiger partial charge in [-0.25, -0.2) is 0 Å². The Hall–Kier alpha value is -1.87. The predicted octanol–water partition coefficient (Wildman–Crippen LogP) is 1.91. The molecule has 15 heavy (non-hydrogen) atoms. The van der Waals surface area contributed by atoms with Gasteiger partial charge in [-0.3, -0.25) is 4.98 Å². The molecule has 3 N–H and O–H groups in total. The molecule has 0 bridgehead atoms. The molecule has 0 aliphatic carbocycles. The molecule has 1 aromatic heterocycles. The fourth-order valence-electron chi connectivity index (χ4n) is 1.54. The first-order valence-corrected chi connectivity index (χ1v) is 4.73. The van der Waals surface area contributed by atoms with Crippen LogP contribution in [0, 0.1) is 0 Å². The summed E-state index contributed by atoms with van der Waals surface area (Å²) in [6.45, 7) is 0.443. The van der Waals surface area contributed by atoms with Crippen molar-refractivity contribution in [2.24, 2.45) is 5.73 Å². The maximum Gasteiger partial charge on any atom is 0.116 e. The van der Waals surface area contributed by atoms with Crippen molar-refractivity contribution in [2.45, 2.75) is 6.54 Å². The van der Waals surface area contributed by atoms with Crippen LogP contribution in [0.25, 0.3) is 11.1 Å². The van der Waals surface area contributed by atoms with Crippen LogP contribution in [0.4, 0.5) is 0 Å². The summed E-state index contributed by atoms with van der Waals surface area (Å²) >= 11 is 0. The Bertz CT molecular complexity index is 469. The van der Waals surface area contributed by atoms with Gasteiger partial charge in [0.2, 0.25) is 0 Å². The van der Waals surface area contributed by atoms with Crippen molar-refractivity contribution in [3.05, 3.63) is 48.3 Å². The van der Waals surface area contributed by atoms with E-state index in [0.29, 0.717) is 6.54 Å². The predicted molar refractivity (Wildman–Crippen MR) is 59.2 cm³/mol. The molecule has 76 valence electrons. The van der Waals surface area contributed by atoms with Crippen LogP contribution < -0.4 is 5.73 Å². The number of hydrogen-bond acceptors (Lipinski definition) is 3. The van der Waals surface area contributed by atoms with Crippen LogP contribution in [0.3, 0.4) is 0 Å². The third-order valence-corrected chi connectivity index (χ3v) is 2.28. The second-order valence-electron chi connectivity index (χ2n) is 3.29. The van der Waals surface area contributed by atoms with Gasteiger partial charge < -0.3 is 10.8 Å². The molecule has 0 spiro atoms. The van der Waals surface area contributed by atoms with Gasteiger partial charge >= 0.3 is 0 Å². The lowest BCUT2D eigenvalue weighted by Gasteiger charge is -2.07. The summed E-state index contributed by atoms with van der Waals surface area (Å²) in [6.07, 6.45) is 3.47. The van der Waals surface area contributed by atoms with Crippen molar-refractivity contribution in [3.63, 3.8) is 0 Å². The molecule has 0 saturated heterocycles. The van der Waals surface area contributed by atoms with E-state index in [0.717, 1.165) is 16.7 Å². The minimum atomic E-state index is 0.257. The largest absolute Gasteiger partial charge is 0.508 e. The monoisotopic (exact) mass is 200 g/mol. The highest BCUT2D eigenvalue weighted by Crippen LogP contribution is 2.25. The summed E-state index contributed by atoms with van der Waals surface area (Å²) in [5.74, 6) is 0.257. The van der Waals surface area contributed by atoms with Gasteiger partial charge in [-0.1, -0.05) is 12.1 Å². The van der Waals surface area contributed by atoms with Crippen LogP contribution in [0.15, 0.2) is 42.7 Å². The first kappa shape index (κ1) is 9.68. The highest BCUT2D eigenvalue weighted by Gasteiger charge is 2.03.